The van der Waals surface area contributed by atoms with Crippen LogP contribution in [0.3, 0.4) is 0 Å². The van der Waals surface area contributed by atoms with Gasteiger partial charge in [0.1, 0.15) is 5.82 Å². The summed E-state index contributed by atoms with van der Waals surface area (Å²) in [4.78, 5) is 20.3. The van der Waals surface area contributed by atoms with Gasteiger partial charge >= 0.3 is 0 Å². The van der Waals surface area contributed by atoms with E-state index in [2.05, 4.69) is 166 Å². The molecule has 12 rings (SSSR count). The second-order valence-corrected chi connectivity index (χ2v) is 15.7. The monoisotopic (exact) mass is 760 g/mol. The van der Waals surface area contributed by atoms with E-state index in [-0.39, 0.29) is 0 Å². The second kappa shape index (κ2) is 13.0. The molecule has 0 amide bonds. The van der Waals surface area contributed by atoms with E-state index in [4.69, 9.17) is 15.0 Å². The van der Waals surface area contributed by atoms with Gasteiger partial charge in [0.05, 0.1) is 27.8 Å². The molecule has 0 unspecified atom stereocenters. The molecule has 0 saturated carbocycles. The minimum absolute atomic E-state index is 0.471. The predicted molar refractivity (Wildman–Crippen MR) is 239 cm³/mol. The van der Waals surface area contributed by atoms with Crippen LogP contribution in [0.1, 0.15) is 11.4 Å². The third-order valence-corrected chi connectivity index (χ3v) is 12.5. The number of thiophene rings is 1. The number of nitrogens with zero attached hydrogens (tertiary/aromatic N) is 6. The van der Waals surface area contributed by atoms with Crippen LogP contribution in [0.4, 0.5) is 0 Å². The Hall–Kier alpha value is -7.48. The maximum Gasteiger partial charge on any atom is 0.238 e. The summed E-state index contributed by atoms with van der Waals surface area (Å²) in [7, 11) is 0. The van der Waals surface area contributed by atoms with E-state index < -0.39 is 0 Å². The normalized spacial score (nSPS) is 11.9. The molecule has 0 aliphatic carbocycles. The van der Waals surface area contributed by atoms with Gasteiger partial charge in [-0.25, -0.2) is 4.98 Å². The van der Waals surface area contributed by atoms with Crippen LogP contribution in [0.15, 0.2) is 182 Å². The molecule has 0 aliphatic rings. The number of benzene rings is 7. The van der Waals surface area contributed by atoms with Crippen LogP contribution in [-0.2, 0) is 6.42 Å². The molecule has 58 heavy (non-hydrogen) atoms. The molecule has 7 heteroatoms. The first-order valence-corrected chi connectivity index (χ1v) is 20.2. The number of rotatable bonds is 6. The molecule has 7 aromatic carbocycles. The molecule has 0 fully saturated rings. The molecular formula is C51H32N6S. The van der Waals surface area contributed by atoms with Crippen molar-refractivity contribution in [1.82, 2.24) is 29.1 Å². The van der Waals surface area contributed by atoms with E-state index in [1.54, 1.807) is 0 Å². The lowest BCUT2D eigenvalue weighted by molar-refractivity contribution is 0.871. The second-order valence-electron chi connectivity index (χ2n) is 14.7. The molecule has 5 aromatic heterocycles. The molecule has 0 bridgehead atoms. The zero-order valence-corrected chi connectivity index (χ0v) is 31.9. The Kier molecular flexibility index (Phi) is 7.36. The molecule has 0 spiro atoms. The summed E-state index contributed by atoms with van der Waals surface area (Å²) in [6.45, 7) is 0. The van der Waals surface area contributed by atoms with E-state index >= 15 is 0 Å². The van der Waals surface area contributed by atoms with Crippen molar-refractivity contribution >= 4 is 75.1 Å². The highest BCUT2D eigenvalue weighted by Crippen LogP contribution is 2.41. The fourth-order valence-electron chi connectivity index (χ4n) is 8.79. The third-order valence-electron chi connectivity index (χ3n) is 11.3. The first-order valence-electron chi connectivity index (χ1n) is 19.4. The summed E-state index contributed by atoms with van der Waals surface area (Å²) in [6.07, 6.45) is 4.34. The van der Waals surface area contributed by atoms with Gasteiger partial charge in [0.2, 0.25) is 5.95 Å². The highest BCUT2D eigenvalue weighted by Gasteiger charge is 2.22. The Morgan fingerprint density at radius 1 is 0.448 bits per heavy atom. The smallest absolute Gasteiger partial charge is 0.238 e. The van der Waals surface area contributed by atoms with Crippen LogP contribution in [0, 0.1) is 0 Å². The molecule has 6 nitrogen and oxygen atoms in total. The van der Waals surface area contributed by atoms with Gasteiger partial charge in [-0.1, -0.05) is 127 Å². The van der Waals surface area contributed by atoms with Crippen LogP contribution in [-0.4, -0.2) is 29.1 Å². The zero-order valence-electron chi connectivity index (χ0n) is 31.1. The van der Waals surface area contributed by atoms with Gasteiger partial charge in [-0.3, -0.25) is 9.55 Å². The molecule has 272 valence electrons. The van der Waals surface area contributed by atoms with E-state index in [0.717, 1.165) is 71.6 Å². The summed E-state index contributed by atoms with van der Waals surface area (Å²) in [5.41, 5.74) is 9.74. The number of hydrogen-bond acceptors (Lipinski definition) is 5. The summed E-state index contributed by atoms with van der Waals surface area (Å²) < 4.78 is 7.17. The van der Waals surface area contributed by atoms with Crippen molar-refractivity contribution in [3.05, 3.63) is 194 Å². The average molecular weight is 761 g/mol. The number of fused-ring (bicyclic) bond motifs is 9. The predicted octanol–water partition coefficient (Wildman–Crippen LogP) is 12.8. The maximum absolute atomic E-state index is 5.34. The van der Waals surface area contributed by atoms with Crippen molar-refractivity contribution in [1.29, 1.82) is 0 Å². The molecule has 5 heterocycles. The van der Waals surface area contributed by atoms with E-state index in [1.165, 1.54) is 20.2 Å². The minimum Gasteiger partial charge on any atom is -0.308 e. The highest BCUT2D eigenvalue weighted by molar-refractivity contribution is 7.25. The highest BCUT2D eigenvalue weighted by atomic mass is 32.1. The van der Waals surface area contributed by atoms with Gasteiger partial charge < -0.3 is 4.57 Å². The van der Waals surface area contributed by atoms with Crippen molar-refractivity contribution in [2.24, 2.45) is 0 Å². The summed E-state index contributed by atoms with van der Waals surface area (Å²) in [6, 6.07) is 60.2. The summed E-state index contributed by atoms with van der Waals surface area (Å²) in [5, 5.41) is 7.13. The number of hydrogen-bond donors (Lipinski definition) is 0. The fourth-order valence-corrected chi connectivity index (χ4v) is 9.88. The first kappa shape index (κ1) is 32.7. The third kappa shape index (κ3) is 5.10. The van der Waals surface area contributed by atoms with Gasteiger partial charge in [0.25, 0.3) is 0 Å². The van der Waals surface area contributed by atoms with Gasteiger partial charge in [0, 0.05) is 71.7 Å². The van der Waals surface area contributed by atoms with Crippen LogP contribution >= 0.6 is 11.3 Å². The number of aromatic nitrogens is 6. The van der Waals surface area contributed by atoms with Crippen LogP contribution in [0.2, 0.25) is 0 Å². The zero-order chi connectivity index (χ0) is 38.2. The van der Waals surface area contributed by atoms with Gasteiger partial charge in [0.15, 0.2) is 5.82 Å². The van der Waals surface area contributed by atoms with Crippen molar-refractivity contribution in [3.8, 4) is 34.2 Å². The Morgan fingerprint density at radius 3 is 1.86 bits per heavy atom. The Labute approximate surface area is 337 Å². The maximum atomic E-state index is 5.34. The quantitative estimate of drug-likeness (QED) is 0.169. The summed E-state index contributed by atoms with van der Waals surface area (Å²) >= 11 is 1.84. The molecule has 0 atom stereocenters. The lowest BCUT2D eigenvalue weighted by Gasteiger charge is -2.19. The Bertz CT molecular complexity index is 3450. The molecule has 0 radical (unpaired) electrons. The van der Waals surface area contributed by atoms with Gasteiger partial charge in [-0.05, 0) is 53.6 Å². The SMILES string of the molecule is c1ccc(-c2nc(Cc3cccc(-c4ccc5sc6ccccc6c5c4)c3-n3c4ccccc4c4cnccc43)nc(-n3c4ccccc4c4ccccc43)n2)cc1. The van der Waals surface area contributed by atoms with Crippen LogP contribution in [0.5, 0.6) is 0 Å². The van der Waals surface area contributed by atoms with Crippen molar-refractivity contribution in [2.45, 2.75) is 6.42 Å². The molecular weight excluding hydrogens is 729 g/mol. The van der Waals surface area contributed by atoms with Crippen molar-refractivity contribution in [2.75, 3.05) is 0 Å². The van der Waals surface area contributed by atoms with Gasteiger partial charge in [-0.15, -0.1) is 11.3 Å². The number of para-hydroxylation sites is 4. The Morgan fingerprint density at radius 2 is 1.09 bits per heavy atom. The Balaban J connectivity index is 1.13. The number of pyridine rings is 1. The molecule has 0 aliphatic heterocycles. The largest absolute Gasteiger partial charge is 0.308 e. The standard InChI is InChI=1S/C51H32N6S/c1-2-13-32(14-3-1)50-53-48(54-51(55-50)57-43-22-9-4-16-36(43)37-17-5-10-23-44(37)57)30-34-15-12-20-35(33-25-26-47-40(29-33)39-19-7-11-24-46(39)58-47)49(34)56-42-21-8-6-18-38(42)41-31-52-28-27-45(41)56/h1-29,31H,30H2. The lowest BCUT2D eigenvalue weighted by Crippen LogP contribution is -2.10. The van der Waals surface area contributed by atoms with E-state index in [1.807, 2.05) is 41.9 Å². The van der Waals surface area contributed by atoms with Crippen molar-refractivity contribution < 1.29 is 0 Å². The van der Waals surface area contributed by atoms with Crippen LogP contribution < -0.4 is 0 Å². The van der Waals surface area contributed by atoms with Crippen LogP contribution in [0.25, 0.3) is 97.9 Å². The first-order chi connectivity index (χ1) is 28.8. The minimum atomic E-state index is 0.471. The lowest BCUT2D eigenvalue weighted by atomic mass is 9.96. The fraction of sp³-hybridized carbons (Fsp3) is 0.0196. The molecule has 0 saturated heterocycles. The van der Waals surface area contributed by atoms with E-state index in [9.17, 15) is 0 Å². The van der Waals surface area contributed by atoms with E-state index in [0.29, 0.717) is 24.0 Å². The van der Waals surface area contributed by atoms with Crippen molar-refractivity contribution in [3.63, 3.8) is 0 Å². The molecule has 0 N–H and O–H groups in total. The topological polar surface area (TPSA) is 61.4 Å². The van der Waals surface area contributed by atoms with Gasteiger partial charge in [-0.2, -0.15) is 9.97 Å². The average Bonchev–Trinajstić information content (AvgIpc) is 3.94. The summed E-state index contributed by atoms with van der Waals surface area (Å²) in [5.74, 6) is 1.92. The molecule has 12 aromatic rings.